The van der Waals surface area contributed by atoms with Gasteiger partial charge in [-0.05, 0) is 36.2 Å². The minimum Gasteiger partial charge on any atom is -0.375 e. The van der Waals surface area contributed by atoms with E-state index < -0.39 is 11.9 Å². The predicted octanol–water partition coefficient (Wildman–Crippen LogP) is 2.49. The molecule has 0 saturated carbocycles. The maximum atomic E-state index is 12.4. The minimum atomic E-state index is -0.846. The van der Waals surface area contributed by atoms with Gasteiger partial charge in [0.25, 0.3) is 5.91 Å². The number of carbonyl (C=O) groups excluding carboxylic acids is 2. The molecule has 0 aliphatic heterocycles. The molecule has 2 aromatic rings. The Kier molecular flexibility index (Phi) is 5.95. The highest BCUT2D eigenvalue weighted by Crippen LogP contribution is 2.16. The van der Waals surface area contributed by atoms with E-state index >= 15 is 0 Å². The van der Waals surface area contributed by atoms with Gasteiger partial charge in [0.15, 0.2) is 0 Å². The Morgan fingerprint density at radius 3 is 2.25 bits per heavy atom. The second-order valence-electron chi connectivity index (χ2n) is 5.69. The van der Waals surface area contributed by atoms with Crippen molar-refractivity contribution >= 4 is 17.5 Å². The van der Waals surface area contributed by atoms with Gasteiger partial charge in [0, 0.05) is 24.8 Å². The van der Waals surface area contributed by atoms with Crippen LogP contribution in [0.4, 0.5) is 5.69 Å². The molecule has 0 aromatic heterocycles. The fourth-order valence-electron chi connectivity index (χ4n) is 2.51. The summed E-state index contributed by atoms with van der Waals surface area (Å²) in [4.78, 5) is 26.2. The molecule has 3 N–H and O–H groups in total. The van der Waals surface area contributed by atoms with Crippen molar-refractivity contribution in [2.24, 2.45) is 5.73 Å². The topological polar surface area (TPSA) is 75.4 Å². The maximum Gasteiger partial charge on any atom is 0.252 e. The molecule has 0 aliphatic carbocycles. The Hall–Kier alpha value is -2.82. The van der Waals surface area contributed by atoms with E-state index in [1.54, 1.807) is 36.4 Å². The second kappa shape index (κ2) is 8.15. The number of nitrogens with zero attached hydrogens (tertiary/aromatic N) is 1. The number of benzene rings is 2. The monoisotopic (exact) mass is 325 g/mol. The molecule has 0 saturated heterocycles. The smallest absolute Gasteiger partial charge is 0.252 e. The van der Waals surface area contributed by atoms with Crippen LogP contribution in [0, 0.1) is 0 Å². The zero-order chi connectivity index (χ0) is 17.5. The van der Waals surface area contributed by atoms with E-state index in [9.17, 15) is 9.59 Å². The van der Waals surface area contributed by atoms with Gasteiger partial charge >= 0.3 is 0 Å². The molecule has 1 atom stereocenters. The summed E-state index contributed by atoms with van der Waals surface area (Å²) < 4.78 is 0. The normalized spacial score (nSPS) is 11.6. The van der Waals surface area contributed by atoms with Gasteiger partial charge in [-0.2, -0.15) is 0 Å². The molecule has 0 bridgehead atoms. The molecule has 126 valence electrons. The molecule has 2 rings (SSSR count). The van der Waals surface area contributed by atoms with Crippen LogP contribution in [-0.4, -0.2) is 25.4 Å². The van der Waals surface area contributed by atoms with E-state index in [-0.39, 0.29) is 5.91 Å². The third kappa shape index (κ3) is 4.35. The fourth-order valence-corrected chi connectivity index (χ4v) is 2.51. The van der Waals surface area contributed by atoms with Crippen LogP contribution in [0.25, 0.3) is 0 Å². The van der Waals surface area contributed by atoms with Crippen molar-refractivity contribution in [1.29, 1.82) is 0 Å². The van der Waals surface area contributed by atoms with E-state index in [0.29, 0.717) is 11.1 Å². The van der Waals surface area contributed by atoms with Crippen LogP contribution in [0.1, 0.15) is 35.3 Å². The largest absolute Gasteiger partial charge is 0.375 e. The van der Waals surface area contributed by atoms with Crippen molar-refractivity contribution in [2.45, 2.75) is 19.4 Å². The predicted molar refractivity (Wildman–Crippen MR) is 95.8 cm³/mol. The van der Waals surface area contributed by atoms with Gasteiger partial charge in [-0.15, -0.1) is 0 Å². The molecule has 0 aliphatic rings. The Balaban J connectivity index is 2.12. The van der Waals surface area contributed by atoms with Gasteiger partial charge < -0.3 is 16.0 Å². The molecule has 0 unspecified atom stereocenters. The van der Waals surface area contributed by atoms with Gasteiger partial charge in [0.05, 0.1) is 0 Å². The number of anilines is 1. The lowest BCUT2D eigenvalue weighted by Gasteiger charge is -2.19. The van der Waals surface area contributed by atoms with Crippen LogP contribution >= 0.6 is 0 Å². The van der Waals surface area contributed by atoms with Crippen molar-refractivity contribution in [3.8, 4) is 0 Å². The average Bonchev–Trinajstić information content (AvgIpc) is 2.60. The SMILES string of the molecule is CCCN(C)c1ccc(C(=O)N[C@@H](C(N)=O)c2ccccc2)cc1. The fraction of sp³-hybridized carbons (Fsp3) is 0.263. The lowest BCUT2D eigenvalue weighted by Crippen LogP contribution is -2.37. The first-order valence-corrected chi connectivity index (χ1v) is 7.99. The number of nitrogens with one attached hydrogen (secondary N) is 1. The van der Waals surface area contributed by atoms with Crippen LogP contribution in [0.15, 0.2) is 54.6 Å². The summed E-state index contributed by atoms with van der Waals surface area (Å²) in [5, 5.41) is 2.70. The number of primary amides is 1. The third-order valence-electron chi connectivity index (χ3n) is 3.82. The molecular formula is C19H23N3O2. The lowest BCUT2D eigenvalue weighted by molar-refractivity contribution is -0.120. The molecule has 2 amide bonds. The number of hydrogen-bond acceptors (Lipinski definition) is 3. The summed E-state index contributed by atoms with van der Waals surface area (Å²) in [7, 11) is 2.01. The van der Waals surface area contributed by atoms with Crippen LogP contribution < -0.4 is 16.0 Å². The Labute approximate surface area is 142 Å². The molecule has 2 aromatic carbocycles. The van der Waals surface area contributed by atoms with Crippen molar-refractivity contribution in [3.05, 3.63) is 65.7 Å². The van der Waals surface area contributed by atoms with Gasteiger partial charge in [-0.1, -0.05) is 37.3 Å². The van der Waals surface area contributed by atoms with Crippen LogP contribution in [0.3, 0.4) is 0 Å². The summed E-state index contributed by atoms with van der Waals surface area (Å²) in [5.41, 5.74) is 7.63. The molecule has 5 heteroatoms. The molecular weight excluding hydrogens is 302 g/mol. The number of hydrogen-bond donors (Lipinski definition) is 2. The van der Waals surface area contributed by atoms with Crippen LogP contribution in [0.2, 0.25) is 0 Å². The van der Waals surface area contributed by atoms with Crippen molar-refractivity contribution in [1.82, 2.24) is 5.32 Å². The number of amides is 2. The number of carbonyl (C=O) groups is 2. The first-order chi connectivity index (χ1) is 11.5. The summed E-state index contributed by atoms with van der Waals surface area (Å²) >= 11 is 0. The molecule has 5 nitrogen and oxygen atoms in total. The molecule has 0 radical (unpaired) electrons. The first kappa shape index (κ1) is 17.5. The first-order valence-electron chi connectivity index (χ1n) is 7.99. The summed E-state index contributed by atoms with van der Waals surface area (Å²) in [5.74, 6) is -0.916. The molecule has 0 fully saturated rings. The van der Waals surface area contributed by atoms with Crippen molar-refractivity contribution in [2.75, 3.05) is 18.5 Å². The number of nitrogens with two attached hydrogens (primary N) is 1. The van der Waals surface area contributed by atoms with E-state index in [1.165, 1.54) is 0 Å². The summed E-state index contributed by atoms with van der Waals surface area (Å²) in [6, 6.07) is 15.4. The van der Waals surface area contributed by atoms with Crippen molar-refractivity contribution in [3.63, 3.8) is 0 Å². The Morgan fingerprint density at radius 2 is 1.71 bits per heavy atom. The van der Waals surface area contributed by atoms with E-state index in [2.05, 4.69) is 17.1 Å². The number of rotatable bonds is 7. The highest BCUT2D eigenvalue weighted by atomic mass is 16.2. The quantitative estimate of drug-likeness (QED) is 0.821. The van der Waals surface area contributed by atoms with Gasteiger partial charge in [0.2, 0.25) is 5.91 Å². The zero-order valence-electron chi connectivity index (χ0n) is 14.0. The Morgan fingerprint density at radius 1 is 1.08 bits per heavy atom. The van der Waals surface area contributed by atoms with E-state index in [0.717, 1.165) is 18.7 Å². The molecule has 0 spiro atoms. The maximum absolute atomic E-state index is 12.4. The molecule has 0 heterocycles. The van der Waals surface area contributed by atoms with Gasteiger partial charge in [-0.25, -0.2) is 0 Å². The highest BCUT2D eigenvalue weighted by molar-refractivity contribution is 5.97. The Bertz CT molecular complexity index is 684. The molecule has 24 heavy (non-hydrogen) atoms. The highest BCUT2D eigenvalue weighted by Gasteiger charge is 2.20. The van der Waals surface area contributed by atoms with Crippen LogP contribution in [0.5, 0.6) is 0 Å². The van der Waals surface area contributed by atoms with Gasteiger partial charge in [-0.3, -0.25) is 9.59 Å². The second-order valence-corrected chi connectivity index (χ2v) is 5.69. The van der Waals surface area contributed by atoms with Gasteiger partial charge in [0.1, 0.15) is 6.04 Å². The third-order valence-corrected chi connectivity index (χ3v) is 3.82. The average molecular weight is 325 g/mol. The zero-order valence-corrected chi connectivity index (χ0v) is 14.0. The minimum absolute atomic E-state index is 0.327. The van der Waals surface area contributed by atoms with E-state index in [4.69, 9.17) is 5.73 Å². The standard InChI is InChI=1S/C19H23N3O2/c1-3-13-22(2)16-11-9-15(10-12-16)19(24)21-17(18(20)23)14-7-5-4-6-8-14/h4-12,17H,3,13H2,1-2H3,(H2,20,23)(H,21,24)/t17-/m1/s1. The lowest BCUT2D eigenvalue weighted by atomic mass is 10.1. The summed E-state index contributed by atoms with van der Waals surface area (Å²) in [6.07, 6.45) is 1.05. The van der Waals surface area contributed by atoms with Crippen molar-refractivity contribution < 1.29 is 9.59 Å². The van der Waals surface area contributed by atoms with E-state index in [1.807, 2.05) is 25.2 Å². The van der Waals surface area contributed by atoms with Crippen LogP contribution in [-0.2, 0) is 4.79 Å². The summed E-state index contributed by atoms with van der Waals surface area (Å²) in [6.45, 7) is 3.06.